The standard InChI is InChI=1S/C36H32FN5O2/c37-29-20-22-31(23-21-29)42(34(43)25-41-33-17-8-7-16-32(33)39-40-41)35(36(44)38-30-14-5-2-6-15-30)28-13-9-12-27(24-28)19-18-26-10-3-1-4-11-26/h1,3-4,7-13,16-17,20-24,30,35H,2,5-6,14-15,25H2,(H,38,44)/t35-/m0/s1. The summed E-state index contributed by atoms with van der Waals surface area (Å²) in [4.78, 5) is 30.0. The van der Waals surface area contributed by atoms with Gasteiger partial charge in [0, 0.05) is 22.9 Å². The van der Waals surface area contributed by atoms with Gasteiger partial charge in [-0.1, -0.05) is 78.8 Å². The molecule has 44 heavy (non-hydrogen) atoms. The molecule has 6 rings (SSSR count). The summed E-state index contributed by atoms with van der Waals surface area (Å²) in [6.07, 6.45) is 5.00. The molecule has 1 heterocycles. The first-order valence-electron chi connectivity index (χ1n) is 14.9. The van der Waals surface area contributed by atoms with Gasteiger partial charge in [0.2, 0.25) is 11.8 Å². The molecule has 220 valence electrons. The van der Waals surface area contributed by atoms with Crippen molar-refractivity contribution in [2.75, 3.05) is 4.90 Å². The van der Waals surface area contributed by atoms with E-state index in [0.29, 0.717) is 27.8 Å². The SMILES string of the molecule is O=C(NC1CCCCC1)[C@H](c1cccc(C#Cc2ccccc2)c1)N(C(=O)Cn1nnc2ccccc21)c1ccc(F)cc1. The first-order chi connectivity index (χ1) is 21.5. The van der Waals surface area contributed by atoms with Crippen LogP contribution in [0, 0.1) is 17.7 Å². The number of halogens is 1. The number of aromatic nitrogens is 3. The molecular weight excluding hydrogens is 553 g/mol. The number of para-hydroxylation sites is 1. The van der Waals surface area contributed by atoms with Crippen molar-refractivity contribution in [3.8, 4) is 11.8 Å². The molecule has 0 spiro atoms. The van der Waals surface area contributed by atoms with E-state index in [4.69, 9.17) is 0 Å². The smallest absolute Gasteiger partial charge is 0.249 e. The van der Waals surface area contributed by atoms with Gasteiger partial charge >= 0.3 is 0 Å². The lowest BCUT2D eigenvalue weighted by Crippen LogP contribution is -2.48. The second-order valence-corrected chi connectivity index (χ2v) is 11.0. The van der Waals surface area contributed by atoms with Crippen LogP contribution in [0.15, 0.2) is 103 Å². The van der Waals surface area contributed by atoms with Gasteiger partial charge < -0.3 is 5.32 Å². The quantitative estimate of drug-likeness (QED) is 0.231. The van der Waals surface area contributed by atoms with E-state index in [1.165, 1.54) is 33.8 Å². The topological polar surface area (TPSA) is 80.1 Å². The summed E-state index contributed by atoms with van der Waals surface area (Å²) in [6, 6.07) is 29.0. The van der Waals surface area contributed by atoms with Crippen molar-refractivity contribution >= 4 is 28.5 Å². The van der Waals surface area contributed by atoms with Gasteiger partial charge in [0.25, 0.3) is 0 Å². The Morgan fingerprint density at radius 1 is 0.864 bits per heavy atom. The summed E-state index contributed by atoms with van der Waals surface area (Å²) >= 11 is 0. The van der Waals surface area contributed by atoms with E-state index in [-0.39, 0.29) is 18.5 Å². The molecule has 1 atom stereocenters. The van der Waals surface area contributed by atoms with Crippen molar-refractivity contribution in [1.82, 2.24) is 20.3 Å². The largest absolute Gasteiger partial charge is 0.351 e. The molecule has 1 saturated carbocycles. The fourth-order valence-corrected chi connectivity index (χ4v) is 5.67. The molecule has 4 aromatic carbocycles. The number of fused-ring (bicyclic) bond motifs is 1. The molecule has 0 radical (unpaired) electrons. The van der Waals surface area contributed by atoms with Gasteiger partial charge in [-0.25, -0.2) is 9.07 Å². The van der Waals surface area contributed by atoms with Crippen molar-refractivity contribution in [3.05, 3.63) is 126 Å². The first kappa shape index (κ1) is 28.8. The summed E-state index contributed by atoms with van der Waals surface area (Å²) in [5.41, 5.74) is 3.92. The van der Waals surface area contributed by atoms with Gasteiger partial charge in [-0.2, -0.15) is 0 Å². The van der Waals surface area contributed by atoms with Crippen LogP contribution in [0.4, 0.5) is 10.1 Å². The minimum absolute atomic E-state index is 0.0178. The Morgan fingerprint density at radius 2 is 1.57 bits per heavy atom. The zero-order chi connectivity index (χ0) is 30.3. The van der Waals surface area contributed by atoms with Gasteiger partial charge in [0.15, 0.2) is 0 Å². The minimum atomic E-state index is -1.04. The van der Waals surface area contributed by atoms with Crippen LogP contribution >= 0.6 is 0 Å². The van der Waals surface area contributed by atoms with Crippen LogP contribution in [0.5, 0.6) is 0 Å². The van der Waals surface area contributed by atoms with E-state index in [1.807, 2.05) is 78.9 Å². The maximum atomic E-state index is 14.3. The average molecular weight is 586 g/mol. The van der Waals surface area contributed by atoms with Gasteiger partial charge in [0.1, 0.15) is 23.9 Å². The van der Waals surface area contributed by atoms with Crippen LogP contribution in [0.1, 0.15) is 54.8 Å². The number of carbonyl (C=O) groups excluding carboxylic acids is 2. The van der Waals surface area contributed by atoms with Crippen molar-refractivity contribution in [1.29, 1.82) is 0 Å². The number of benzene rings is 4. The zero-order valence-corrected chi connectivity index (χ0v) is 24.2. The Bertz CT molecular complexity index is 1820. The number of anilines is 1. The summed E-state index contributed by atoms with van der Waals surface area (Å²) in [5.74, 6) is 5.23. The lowest BCUT2D eigenvalue weighted by Gasteiger charge is -2.33. The number of rotatable bonds is 7. The number of carbonyl (C=O) groups is 2. The third kappa shape index (κ3) is 6.68. The number of hydrogen-bond donors (Lipinski definition) is 1. The Morgan fingerprint density at radius 3 is 2.36 bits per heavy atom. The highest BCUT2D eigenvalue weighted by Crippen LogP contribution is 2.30. The third-order valence-corrected chi connectivity index (χ3v) is 7.86. The van der Waals surface area contributed by atoms with Crippen LogP contribution in [0.2, 0.25) is 0 Å². The van der Waals surface area contributed by atoms with Gasteiger partial charge in [-0.15, -0.1) is 5.10 Å². The molecule has 1 aliphatic rings. The fourth-order valence-electron chi connectivity index (χ4n) is 5.67. The van der Waals surface area contributed by atoms with Crippen LogP contribution in [-0.4, -0.2) is 32.9 Å². The predicted octanol–water partition coefficient (Wildman–Crippen LogP) is 6.19. The van der Waals surface area contributed by atoms with Crippen LogP contribution in [-0.2, 0) is 16.1 Å². The van der Waals surface area contributed by atoms with Crippen LogP contribution in [0.3, 0.4) is 0 Å². The molecule has 0 unspecified atom stereocenters. The minimum Gasteiger partial charge on any atom is -0.351 e. The Hall–Kier alpha value is -5.29. The van der Waals surface area contributed by atoms with Crippen LogP contribution in [0.25, 0.3) is 11.0 Å². The first-order valence-corrected chi connectivity index (χ1v) is 14.9. The summed E-state index contributed by atoms with van der Waals surface area (Å²) in [7, 11) is 0. The molecule has 2 amide bonds. The van der Waals surface area contributed by atoms with Crippen molar-refractivity contribution in [3.63, 3.8) is 0 Å². The van der Waals surface area contributed by atoms with Crippen molar-refractivity contribution in [2.45, 2.75) is 50.7 Å². The molecule has 8 heteroatoms. The molecule has 7 nitrogen and oxygen atoms in total. The molecule has 5 aromatic rings. The predicted molar refractivity (Wildman–Crippen MR) is 168 cm³/mol. The second-order valence-electron chi connectivity index (χ2n) is 11.0. The summed E-state index contributed by atoms with van der Waals surface area (Å²) < 4.78 is 15.6. The fraction of sp³-hybridized carbons (Fsp3) is 0.222. The zero-order valence-electron chi connectivity index (χ0n) is 24.2. The number of hydrogen-bond acceptors (Lipinski definition) is 4. The number of nitrogens with one attached hydrogen (secondary N) is 1. The lowest BCUT2D eigenvalue weighted by molar-refractivity contribution is -0.127. The van der Waals surface area contributed by atoms with Gasteiger partial charge in [-0.3, -0.25) is 14.5 Å². The van der Waals surface area contributed by atoms with Crippen molar-refractivity contribution < 1.29 is 14.0 Å². The highest BCUT2D eigenvalue weighted by Gasteiger charge is 2.34. The molecule has 1 fully saturated rings. The van der Waals surface area contributed by atoms with E-state index >= 15 is 0 Å². The Balaban J connectivity index is 1.42. The molecule has 1 N–H and O–H groups in total. The normalized spacial score (nSPS) is 13.9. The highest BCUT2D eigenvalue weighted by atomic mass is 19.1. The average Bonchev–Trinajstić information content (AvgIpc) is 3.46. The number of nitrogens with zero attached hydrogens (tertiary/aromatic N) is 4. The summed E-state index contributed by atoms with van der Waals surface area (Å²) in [5, 5.41) is 11.6. The molecule has 0 aliphatic heterocycles. The van der Waals surface area contributed by atoms with Gasteiger partial charge in [0.05, 0.1) is 5.52 Å². The maximum absolute atomic E-state index is 14.3. The molecular formula is C36H32FN5O2. The molecule has 1 aliphatic carbocycles. The van der Waals surface area contributed by atoms with E-state index in [0.717, 1.165) is 37.7 Å². The van der Waals surface area contributed by atoms with E-state index in [2.05, 4.69) is 27.5 Å². The third-order valence-electron chi connectivity index (χ3n) is 7.86. The van der Waals surface area contributed by atoms with E-state index in [1.54, 1.807) is 0 Å². The van der Waals surface area contributed by atoms with Crippen molar-refractivity contribution in [2.24, 2.45) is 0 Å². The second kappa shape index (κ2) is 13.3. The lowest BCUT2D eigenvalue weighted by atomic mass is 9.94. The molecule has 1 aromatic heterocycles. The number of amides is 2. The monoisotopic (exact) mass is 585 g/mol. The Labute approximate surface area is 255 Å². The Kier molecular flexibility index (Phi) is 8.74. The molecule has 0 bridgehead atoms. The summed E-state index contributed by atoms with van der Waals surface area (Å²) in [6.45, 7) is -0.168. The van der Waals surface area contributed by atoms with Crippen LogP contribution < -0.4 is 10.2 Å². The van der Waals surface area contributed by atoms with Gasteiger partial charge in [-0.05, 0) is 79.1 Å². The van der Waals surface area contributed by atoms with E-state index in [9.17, 15) is 14.0 Å². The maximum Gasteiger partial charge on any atom is 0.249 e. The van der Waals surface area contributed by atoms with E-state index < -0.39 is 17.8 Å². The highest BCUT2D eigenvalue weighted by molar-refractivity contribution is 6.01. The molecule has 0 saturated heterocycles.